The van der Waals surface area contributed by atoms with Crippen LogP contribution in [-0.2, 0) is 20.7 Å². The third kappa shape index (κ3) is 5.63. The lowest BCUT2D eigenvalue weighted by Crippen LogP contribution is -2.26. The molecule has 22 heavy (non-hydrogen) atoms. The van der Waals surface area contributed by atoms with Crippen LogP contribution in [0.3, 0.4) is 0 Å². The number of aromatic amines is 1. The van der Waals surface area contributed by atoms with E-state index in [1.54, 1.807) is 33.9 Å². The first-order valence-electron chi connectivity index (χ1n) is 7.32. The first-order chi connectivity index (χ1) is 10.3. The van der Waals surface area contributed by atoms with Crippen LogP contribution < -0.4 is 5.32 Å². The molecule has 1 aromatic rings. The summed E-state index contributed by atoms with van der Waals surface area (Å²) in [4.78, 5) is 26.7. The molecule has 0 aliphatic carbocycles. The van der Waals surface area contributed by atoms with Gasteiger partial charge in [-0.3, -0.25) is 5.32 Å². The second-order valence-corrected chi connectivity index (χ2v) is 5.67. The number of aryl methyl sites for hydroxylation is 1. The van der Waals surface area contributed by atoms with E-state index in [1.807, 2.05) is 13.0 Å². The molecule has 122 valence electrons. The Morgan fingerprint density at radius 3 is 2.55 bits per heavy atom. The maximum atomic E-state index is 12.0. The molecule has 0 aliphatic heterocycles. The zero-order valence-electron chi connectivity index (χ0n) is 13.8. The number of carbonyl (C=O) groups excluding carboxylic acids is 2. The summed E-state index contributed by atoms with van der Waals surface area (Å²) < 4.78 is 10.1. The minimum atomic E-state index is -0.617. The molecule has 0 fully saturated rings. The number of aromatic nitrogens is 1. The smallest absolute Gasteiger partial charge is 0.411 e. The van der Waals surface area contributed by atoms with Crippen molar-refractivity contribution in [2.45, 2.75) is 46.6 Å². The van der Waals surface area contributed by atoms with Gasteiger partial charge in [-0.2, -0.15) is 0 Å². The summed E-state index contributed by atoms with van der Waals surface area (Å²) in [6.07, 6.45) is 3.15. The van der Waals surface area contributed by atoms with Gasteiger partial charge in [-0.05, 0) is 45.7 Å². The van der Waals surface area contributed by atoms with Gasteiger partial charge < -0.3 is 14.5 Å². The molecule has 0 unspecified atom stereocenters. The molecule has 1 aromatic heterocycles. The topological polar surface area (TPSA) is 80.4 Å². The summed E-state index contributed by atoms with van der Waals surface area (Å²) in [6, 6.07) is 1.89. The number of esters is 1. The van der Waals surface area contributed by atoms with E-state index in [1.165, 1.54) is 6.08 Å². The molecule has 6 heteroatoms. The number of hydrogen-bond acceptors (Lipinski definition) is 4. The van der Waals surface area contributed by atoms with E-state index < -0.39 is 17.7 Å². The van der Waals surface area contributed by atoms with Gasteiger partial charge >= 0.3 is 12.1 Å². The number of amides is 1. The number of H-pyrrole nitrogens is 1. The van der Waals surface area contributed by atoms with Gasteiger partial charge in [0.05, 0.1) is 18.0 Å². The van der Waals surface area contributed by atoms with Gasteiger partial charge in [0.15, 0.2) is 0 Å². The molecule has 0 aromatic carbocycles. The SMILES string of the molecule is CCOC(=O)N/C(=C\C(=O)OC(C)(C)C)c1[nH]ccc1CC. The fourth-order valence-corrected chi connectivity index (χ4v) is 1.84. The van der Waals surface area contributed by atoms with Crippen molar-refractivity contribution in [1.29, 1.82) is 0 Å². The van der Waals surface area contributed by atoms with E-state index in [2.05, 4.69) is 10.3 Å². The van der Waals surface area contributed by atoms with Crippen LogP contribution in [0, 0.1) is 0 Å². The van der Waals surface area contributed by atoms with Crippen molar-refractivity contribution < 1.29 is 19.1 Å². The van der Waals surface area contributed by atoms with Crippen LogP contribution in [0.5, 0.6) is 0 Å². The van der Waals surface area contributed by atoms with Crippen molar-refractivity contribution in [1.82, 2.24) is 10.3 Å². The second kappa shape index (κ2) is 7.68. The number of rotatable bonds is 5. The quantitative estimate of drug-likeness (QED) is 0.647. The Bertz CT molecular complexity index is 553. The summed E-state index contributed by atoms with van der Waals surface area (Å²) in [6.45, 7) is 9.29. The molecule has 0 saturated heterocycles. The Kier molecular flexibility index (Phi) is 6.22. The third-order valence-electron chi connectivity index (χ3n) is 2.66. The predicted octanol–water partition coefficient (Wildman–Crippen LogP) is 3.01. The monoisotopic (exact) mass is 308 g/mol. The van der Waals surface area contributed by atoms with E-state index in [-0.39, 0.29) is 6.61 Å². The van der Waals surface area contributed by atoms with Gasteiger partial charge in [-0.1, -0.05) is 6.92 Å². The highest BCUT2D eigenvalue weighted by Gasteiger charge is 2.18. The molecule has 1 amide bonds. The normalized spacial score (nSPS) is 12.0. The van der Waals surface area contributed by atoms with E-state index in [0.717, 1.165) is 12.0 Å². The number of nitrogens with one attached hydrogen (secondary N) is 2. The van der Waals surface area contributed by atoms with E-state index in [0.29, 0.717) is 11.4 Å². The van der Waals surface area contributed by atoms with Crippen molar-refractivity contribution in [3.05, 3.63) is 29.6 Å². The highest BCUT2D eigenvalue weighted by atomic mass is 16.6. The fourth-order valence-electron chi connectivity index (χ4n) is 1.84. The minimum absolute atomic E-state index is 0.247. The van der Waals surface area contributed by atoms with Crippen molar-refractivity contribution in [3.63, 3.8) is 0 Å². The van der Waals surface area contributed by atoms with Gasteiger partial charge in [0, 0.05) is 12.3 Å². The highest BCUT2D eigenvalue weighted by molar-refractivity contribution is 5.94. The highest BCUT2D eigenvalue weighted by Crippen LogP contribution is 2.17. The van der Waals surface area contributed by atoms with E-state index >= 15 is 0 Å². The van der Waals surface area contributed by atoms with E-state index in [9.17, 15) is 9.59 Å². The molecule has 6 nitrogen and oxygen atoms in total. The van der Waals surface area contributed by atoms with Crippen LogP contribution in [0.1, 0.15) is 45.9 Å². The summed E-state index contributed by atoms with van der Waals surface area (Å²) >= 11 is 0. The third-order valence-corrected chi connectivity index (χ3v) is 2.66. The van der Waals surface area contributed by atoms with Crippen molar-refractivity contribution in [2.75, 3.05) is 6.61 Å². The van der Waals surface area contributed by atoms with Crippen LogP contribution in [0.25, 0.3) is 5.70 Å². The standard InChI is InChI=1S/C16H24N2O4/c1-6-11-8-9-17-14(11)12(18-15(20)21-7-2)10-13(19)22-16(3,4)5/h8-10,17H,6-7H2,1-5H3,(H,18,20)/b12-10-. The Morgan fingerprint density at radius 1 is 1.32 bits per heavy atom. The Morgan fingerprint density at radius 2 is 2.00 bits per heavy atom. The zero-order valence-corrected chi connectivity index (χ0v) is 13.8. The maximum absolute atomic E-state index is 12.0. The molecule has 0 bridgehead atoms. The summed E-state index contributed by atoms with van der Waals surface area (Å²) in [5.74, 6) is -0.532. The minimum Gasteiger partial charge on any atom is -0.457 e. The molecular formula is C16H24N2O4. The molecule has 0 saturated carbocycles. The Hall–Kier alpha value is -2.24. The number of ether oxygens (including phenoxy) is 2. The van der Waals surface area contributed by atoms with Crippen molar-refractivity contribution in [2.24, 2.45) is 0 Å². The second-order valence-electron chi connectivity index (χ2n) is 5.67. The van der Waals surface area contributed by atoms with Crippen LogP contribution >= 0.6 is 0 Å². The van der Waals surface area contributed by atoms with Gasteiger partial charge in [-0.25, -0.2) is 9.59 Å². The fraction of sp³-hybridized carbons (Fsp3) is 0.500. The summed E-state index contributed by atoms with van der Waals surface area (Å²) in [5.41, 5.74) is 1.37. The van der Waals surface area contributed by atoms with Crippen molar-refractivity contribution in [3.8, 4) is 0 Å². The van der Waals surface area contributed by atoms with Crippen LogP contribution in [0.15, 0.2) is 18.3 Å². The zero-order chi connectivity index (χ0) is 16.8. The van der Waals surface area contributed by atoms with Crippen LogP contribution in [0.2, 0.25) is 0 Å². The van der Waals surface area contributed by atoms with E-state index in [4.69, 9.17) is 9.47 Å². The first-order valence-corrected chi connectivity index (χ1v) is 7.32. The number of alkyl carbamates (subject to hydrolysis) is 1. The van der Waals surface area contributed by atoms with Gasteiger partial charge in [0.1, 0.15) is 5.60 Å². The van der Waals surface area contributed by atoms with Crippen molar-refractivity contribution >= 4 is 17.8 Å². The lowest BCUT2D eigenvalue weighted by atomic mass is 10.1. The summed E-state index contributed by atoms with van der Waals surface area (Å²) in [7, 11) is 0. The lowest BCUT2D eigenvalue weighted by Gasteiger charge is -2.19. The number of hydrogen-bond donors (Lipinski definition) is 2. The average molecular weight is 308 g/mol. The van der Waals surface area contributed by atoms with Gasteiger partial charge in [0.2, 0.25) is 0 Å². The van der Waals surface area contributed by atoms with Crippen LogP contribution in [-0.4, -0.2) is 29.3 Å². The van der Waals surface area contributed by atoms with Crippen LogP contribution in [0.4, 0.5) is 4.79 Å². The predicted molar refractivity (Wildman–Crippen MR) is 84.2 cm³/mol. The Labute approximate surface area is 130 Å². The molecule has 1 heterocycles. The molecule has 1 rings (SSSR count). The maximum Gasteiger partial charge on any atom is 0.411 e. The number of carbonyl (C=O) groups is 2. The molecule has 0 atom stereocenters. The average Bonchev–Trinajstić information content (AvgIpc) is 2.84. The first kappa shape index (κ1) is 17.8. The molecule has 0 aliphatic rings. The summed E-state index contributed by atoms with van der Waals surface area (Å²) in [5, 5.41) is 2.58. The largest absolute Gasteiger partial charge is 0.457 e. The van der Waals surface area contributed by atoms with Gasteiger partial charge in [-0.15, -0.1) is 0 Å². The molecule has 0 radical (unpaired) electrons. The molecule has 0 spiro atoms. The molecular weight excluding hydrogens is 284 g/mol. The Balaban J connectivity index is 3.06. The lowest BCUT2D eigenvalue weighted by molar-refractivity contribution is -0.148. The van der Waals surface area contributed by atoms with Gasteiger partial charge in [0.25, 0.3) is 0 Å². The molecule has 2 N–H and O–H groups in total.